The number of amides is 4. The molecule has 0 atom stereocenters. The second-order valence-electron chi connectivity index (χ2n) is 11.4. The van der Waals surface area contributed by atoms with E-state index in [9.17, 15) is 9.59 Å². The van der Waals surface area contributed by atoms with Crippen molar-refractivity contribution in [3.05, 3.63) is 119 Å². The summed E-state index contributed by atoms with van der Waals surface area (Å²) in [5.41, 5.74) is 6.91. The van der Waals surface area contributed by atoms with Gasteiger partial charge >= 0.3 is 12.1 Å². The van der Waals surface area contributed by atoms with Crippen molar-refractivity contribution in [1.29, 1.82) is 0 Å². The van der Waals surface area contributed by atoms with Gasteiger partial charge in [0.1, 0.15) is 0 Å². The van der Waals surface area contributed by atoms with Crippen LogP contribution in [-0.2, 0) is 24.2 Å². The molecule has 6 heteroatoms. The van der Waals surface area contributed by atoms with E-state index in [1.807, 2.05) is 102 Å². The first-order chi connectivity index (χ1) is 18.8. The van der Waals surface area contributed by atoms with E-state index in [0.29, 0.717) is 13.1 Å². The van der Waals surface area contributed by atoms with Gasteiger partial charge in [0.25, 0.3) is 0 Å². The summed E-state index contributed by atoms with van der Waals surface area (Å²) >= 11 is 0. The highest BCUT2D eigenvalue weighted by molar-refractivity contribution is 5.76. The van der Waals surface area contributed by atoms with Gasteiger partial charge in [0.2, 0.25) is 0 Å². The highest BCUT2D eigenvalue weighted by Crippen LogP contribution is 2.24. The van der Waals surface area contributed by atoms with Gasteiger partial charge in [-0.2, -0.15) is 0 Å². The third kappa shape index (κ3) is 8.34. The first kappa shape index (κ1) is 30.2. The topological polar surface area (TPSA) is 82.3 Å². The fraction of sp³-hybridized carbons (Fsp3) is 0.294. The van der Waals surface area contributed by atoms with E-state index < -0.39 is 11.1 Å². The summed E-state index contributed by atoms with van der Waals surface area (Å²) in [4.78, 5) is 25.3. The quantitative estimate of drug-likeness (QED) is 0.220. The lowest BCUT2D eigenvalue weighted by Gasteiger charge is -2.28. The van der Waals surface area contributed by atoms with Crippen LogP contribution >= 0.6 is 0 Å². The van der Waals surface area contributed by atoms with Crippen LogP contribution in [0.5, 0.6) is 0 Å². The average Bonchev–Trinajstić information content (AvgIpc) is 2.91. The summed E-state index contributed by atoms with van der Waals surface area (Å²) in [7, 11) is 0. The highest BCUT2D eigenvalue weighted by atomic mass is 16.2. The van der Waals surface area contributed by atoms with Gasteiger partial charge in [-0.25, -0.2) is 9.59 Å². The minimum Gasteiger partial charge on any atom is -0.334 e. The molecule has 0 bridgehead atoms. The Kier molecular flexibility index (Phi) is 9.59. The molecule has 40 heavy (non-hydrogen) atoms. The van der Waals surface area contributed by atoms with E-state index in [1.165, 1.54) is 0 Å². The number of hydrogen-bond acceptors (Lipinski definition) is 2. The average molecular weight is 539 g/mol. The Morgan fingerprint density at radius 1 is 0.625 bits per heavy atom. The van der Waals surface area contributed by atoms with Crippen LogP contribution in [0.2, 0.25) is 0 Å². The van der Waals surface area contributed by atoms with Gasteiger partial charge < -0.3 is 21.3 Å². The van der Waals surface area contributed by atoms with Crippen molar-refractivity contribution < 1.29 is 9.59 Å². The number of allylic oxidation sites excluding steroid dienone is 2. The SMILES string of the molecule is C=C(C)c1cccc(C(C)(C)NC(=O)NCc2ccc(CNC(=O)NC(C)(C)c3cccc(C(=C)C)c3)cc2)c1. The molecular weight excluding hydrogens is 496 g/mol. The molecule has 4 amide bonds. The number of rotatable bonds is 10. The molecule has 0 spiro atoms. The molecule has 0 saturated carbocycles. The van der Waals surface area contributed by atoms with Gasteiger partial charge in [0, 0.05) is 13.1 Å². The first-order valence-corrected chi connectivity index (χ1v) is 13.5. The fourth-order valence-corrected chi connectivity index (χ4v) is 4.29. The Morgan fingerprint density at radius 3 is 1.30 bits per heavy atom. The molecule has 0 fully saturated rings. The third-order valence-electron chi connectivity index (χ3n) is 6.94. The molecule has 3 rings (SSSR count). The second-order valence-corrected chi connectivity index (χ2v) is 11.4. The van der Waals surface area contributed by atoms with Crippen LogP contribution in [0, 0.1) is 0 Å². The minimum absolute atomic E-state index is 0.246. The second kappa shape index (κ2) is 12.7. The lowest BCUT2D eigenvalue weighted by molar-refractivity contribution is 0.228. The summed E-state index contributed by atoms with van der Waals surface area (Å²) in [6.45, 7) is 20.6. The maximum Gasteiger partial charge on any atom is 0.315 e. The van der Waals surface area contributed by atoms with Crippen molar-refractivity contribution in [2.24, 2.45) is 0 Å². The van der Waals surface area contributed by atoms with Crippen molar-refractivity contribution in [2.45, 2.75) is 65.7 Å². The number of carbonyl (C=O) groups excluding carboxylic acids is 2. The normalized spacial score (nSPS) is 11.3. The molecule has 6 nitrogen and oxygen atoms in total. The van der Waals surface area contributed by atoms with E-state index in [0.717, 1.165) is 44.5 Å². The highest BCUT2D eigenvalue weighted by Gasteiger charge is 2.24. The number of benzene rings is 3. The number of nitrogens with one attached hydrogen (secondary N) is 4. The first-order valence-electron chi connectivity index (χ1n) is 13.5. The third-order valence-corrected chi connectivity index (χ3v) is 6.94. The van der Waals surface area contributed by atoms with Crippen molar-refractivity contribution in [3.8, 4) is 0 Å². The van der Waals surface area contributed by atoms with E-state index in [2.05, 4.69) is 46.6 Å². The molecule has 0 saturated heterocycles. The molecule has 0 radical (unpaired) electrons. The molecule has 3 aromatic rings. The molecule has 0 aliphatic rings. The van der Waals surface area contributed by atoms with Gasteiger partial charge in [0.15, 0.2) is 0 Å². The van der Waals surface area contributed by atoms with Gasteiger partial charge in [-0.1, -0.05) is 85.0 Å². The zero-order chi connectivity index (χ0) is 29.5. The molecule has 0 aliphatic carbocycles. The van der Waals surface area contributed by atoms with Gasteiger partial charge in [-0.3, -0.25) is 0 Å². The Balaban J connectivity index is 1.48. The Morgan fingerprint density at radius 2 is 0.975 bits per heavy atom. The van der Waals surface area contributed by atoms with Crippen molar-refractivity contribution in [3.63, 3.8) is 0 Å². The largest absolute Gasteiger partial charge is 0.334 e. The summed E-state index contributed by atoms with van der Waals surface area (Å²) in [6.07, 6.45) is 0. The Bertz CT molecular complexity index is 1280. The van der Waals surface area contributed by atoms with Crippen LogP contribution in [0.4, 0.5) is 9.59 Å². The van der Waals surface area contributed by atoms with Crippen molar-refractivity contribution in [1.82, 2.24) is 21.3 Å². The molecule has 0 heterocycles. The van der Waals surface area contributed by atoms with Crippen LogP contribution in [0.15, 0.2) is 86.0 Å². The molecule has 0 aliphatic heterocycles. The number of hydrogen-bond donors (Lipinski definition) is 4. The smallest absolute Gasteiger partial charge is 0.315 e. The molecule has 210 valence electrons. The van der Waals surface area contributed by atoms with Gasteiger partial charge in [-0.05, 0) is 87.1 Å². The van der Waals surface area contributed by atoms with Gasteiger partial charge in [-0.15, -0.1) is 0 Å². The summed E-state index contributed by atoms with van der Waals surface area (Å²) in [5, 5.41) is 12.0. The standard InChI is InChI=1S/C34H42N4O2/c1-23(2)27-11-9-13-29(19-27)33(5,6)37-31(39)35-21-25-15-17-26(18-16-25)22-36-32(40)38-34(7,8)30-14-10-12-28(20-30)24(3)4/h9-20H,1,3,21-22H2,2,4-8H3,(H2,35,37,39)(H2,36,38,40). The van der Waals surface area contributed by atoms with E-state index in [-0.39, 0.29) is 12.1 Å². The van der Waals surface area contributed by atoms with E-state index in [4.69, 9.17) is 0 Å². The molecule has 0 aromatic heterocycles. The van der Waals surface area contributed by atoms with Crippen LogP contribution < -0.4 is 21.3 Å². The van der Waals surface area contributed by atoms with E-state index in [1.54, 1.807) is 0 Å². The maximum atomic E-state index is 12.6. The Labute approximate surface area is 239 Å². The summed E-state index contributed by atoms with van der Waals surface area (Å²) < 4.78 is 0. The zero-order valence-corrected chi connectivity index (χ0v) is 24.6. The summed E-state index contributed by atoms with van der Waals surface area (Å²) in [6, 6.07) is 23.4. The van der Waals surface area contributed by atoms with Crippen LogP contribution in [-0.4, -0.2) is 12.1 Å². The Hall–Kier alpha value is -4.32. The molecule has 4 N–H and O–H groups in total. The van der Waals surface area contributed by atoms with Crippen molar-refractivity contribution in [2.75, 3.05) is 0 Å². The monoisotopic (exact) mass is 538 g/mol. The van der Waals surface area contributed by atoms with E-state index >= 15 is 0 Å². The van der Waals surface area contributed by atoms with Crippen LogP contribution in [0.25, 0.3) is 11.1 Å². The lowest BCUT2D eigenvalue weighted by Crippen LogP contribution is -2.46. The predicted molar refractivity (Wildman–Crippen MR) is 166 cm³/mol. The van der Waals surface area contributed by atoms with Crippen LogP contribution in [0.3, 0.4) is 0 Å². The van der Waals surface area contributed by atoms with Crippen molar-refractivity contribution >= 4 is 23.2 Å². The number of carbonyl (C=O) groups is 2. The summed E-state index contributed by atoms with van der Waals surface area (Å²) in [5.74, 6) is 0. The molecule has 3 aromatic carbocycles. The molecule has 0 unspecified atom stereocenters. The zero-order valence-electron chi connectivity index (χ0n) is 24.6. The van der Waals surface area contributed by atoms with Crippen LogP contribution in [0.1, 0.15) is 74.9 Å². The maximum absolute atomic E-state index is 12.6. The van der Waals surface area contributed by atoms with Gasteiger partial charge in [0.05, 0.1) is 11.1 Å². The molecular formula is C34H42N4O2. The fourth-order valence-electron chi connectivity index (χ4n) is 4.29. The lowest BCUT2D eigenvalue weighted by atomic mass is 9.92. The number of urea groups is 2. The minimum atomic E-state index is -0.548. The predicted octanol–water partition coefficient (Wildman–Crippen LogP) is 7.22.